The van der Waals surface area contributed by atoms with E-state index >= 15 is 0 Å². The van der Waals surface area contributed by atoms with Crippen LogP contribution >= 0.6 is 22.9 Å². The molecule has 112 valence electrons. The molecule has 21 heavy (non-hydrogen) atoms. The third-order valence-corrected chi connectivity index (χ3v) is 4.44. The largest absolute Gasteiger partial charge is 0.409 e. The molecule has 0 saturated heterocycles. The van der Waals surface area contributed by atoms with Crippen molar-refractivity contribution in [3.8, 4) is 0 Å². The van der Waals surface area contributed by atoms with Gasteiger partial charge in [-0.3, -0.25) is 0 Å². The molecule has 1 aromatic carbocycles. The summed E-state index contributed by atoms with van der Waals surface area (Å²) in [6, 6.07) is 13.7. The van der Waals surface area contributed by atoms with E-state index in [1.807, 2.05) is 49.5 Å². The Balaban J connectivity index is 2.08. The number of oxime groups is 1. The van der Waals surface area contributed by atoms with Crippen LogP contribution in [0.5, 0.6) is 0 Å². The first-order chi connectivity index (χ1) is 10.1. The van der Waals surface area contributed by atoms with Crippen molar-refractivity contribution >= 4 is 28.8 Å². The van der Waals surface area contributed by atoms with Crippen molar-refractivity contribution in [1.82, 2.24) is 4.90 Å². The molecule has 2 aromatic rings. The van der Waals surface area contributed by atoms with E-state index in [2.05, 4.69) is 10.1 Å². The zero-order valence-electron chi connectivity index (χ0n) is 11.7. The van der Waals surface area contributed by atoms with Crippen molar-refractivity contribution in [2.45, 2.75) is 12.5 Å². The average molecular weight is 324 g/mol. The maximum absolute atomic E-state index is 9.00. The van der Waals surface area contributed by atoms with Crippen molar-refractivity contribution in [3.05, 3.63) is 57.2 Å². The van der Waals surface area contributed by atoms with Gasteiger partial charge in [0.25, 0.3) is 0 Å². The number of rotatable bonds is 6. The quantitative estimate of drug-likeness (QED) is 0.371. The molecule has 1 aromatic heterocycles. The Morgan fingerprint density at radius 2 is 2.05 bits per heavy atom. The van der Waals surface area contributed by atoms with Gasteiger partial charge >= 0.3 is 0 Å². The number of halogens is 1. The average Bonchev–Trinajstić information content (AvgIpc) is 2.90. The molecule has 0 aliphatic rings. The standard InChI is InChI=1S/C15H18ClN3OS/c1-19(9-12-7-8-14(16)21-12)10-13(15(17)18-20)11-5-3-2-4-6-11/h2-8,13,20H,9-10H2,1H3,(H2,17,18). The van der Waals surface area contributed by atoms with E-state index in [9.17, 15) is 0 Å². The normalized spacial score (nSPS) is 13.6. The molecule has 3 N–H and O–H groups in total. The van der Waals surface area contributed by atoms with E-state index in [1.54, 1.807) is 11.3 Å². The minimum absolute atomic E-state index is 0.142. The van der Waals surface area contributed by atoms with Crippen molar-refractivity contribution in [3.63, 3.8) is 0 Å². The highest BCUT2D eigenvalue weighted by Gasteiger charge is 2.19. The van der Waals surface area contributed by atoms with Gasteiger partial charge in [-0.2, -0.15) is 0 Å². The van der Waals surface area contributed by atoms with Crippen LogP contribution in [0.4, 0.5) is 0 Å². The maximum atomic E-state index is 9.00. The van der Waals surface area contributed by atoms with E-state index in [1.165, 1.54) is 4.88 Å². The lowest BCUT2D eigenvalue weighted by Gasteiger charge is -2.23. The molecule has 1 atom stereocenters. The minimum Gasteiger partial charge on any atom is -0.409 e. The Kier molecular flexibility index (Phi) is 5.61. The van der Waals surface area contributed by atoms with Gasteiger partial charge in [-0.1, -0.05) is 47.1 Å². The molecule has 0 bridgehead atoms. The second kappa shape index (κ2) is 7.45. The first-order valence-corrected chi connectivity index (χ1v) is 7.74. The summed E-state index contributed by atoms with van der Waals surface area (Å²) < 4.78 is 0.787. The highest BCUT2D eigenvalue weighted by molar-refractivity contribution is 7.16. The fourth-order valence-electron chi connectivity index (χ4n) is 2.20. The van der Waals surface area contributed by atoms with Gasteiger partial charge in [0.1, 0.15) is 5.84 Å². The van der Waals surface area contributed by atoms with E-state index in [-0.39, 0.29) is 11.8 Å². The number of benzene rings is 1. The summed E-state index contributed by atoms with van der Waals surface area (Å²) in [7, 11) is 2.01. The molecule has 6 heteroatoms. The molecule has 0 fully saturated rings. The molecule has 1 heterocycles. The SMILES string of the molecule is CN(Cc1ccc(Cl)s1)CC(C(N)=NO)c1ccccc1. The van der Waals surface area contributed by atoms with Gasteiger partial charge in [0.05, 0.1) is 10.3 Å². The Bertz CT molecular complexity index is 600. The van der Waals surface area contributed by atoms with Gasteiger partial charge in [-0.05, 0) is 24.7 Å². The molecule has 0 aliphatic carbocycles. The zero-order chi connectivity index (χ0) is 15.2. The van der Waals surface area contributed by atoms with Crippen LogP contribution < -0.4 is 5.73 Å². The van der Waals surface area contributed by atoms with Crippen LogP contribution in [0.2, 0.25) is 4.34 Å². The number of likely N-dealkylation sites (N-methyl/N-ethyl adjacent to an activating group) is 1. The number of nitrogens with zero attached hydrogens (tertiary/aromatic N) is 2. The number of hydrogen-bond donors (Lipinski definition) is 2. The van der Waals surface area contributed by atoms with Crippen LogP contribution in [0.15, 0.2) is 47.6 Å². The summed E-state index contributed by atoms with van der Waals surface area (Å²) in [5.74, 6) is 0.0777. The highest BCUT2D eigenvalue weighted by Crippen LogP contribution is 2.24. The lowest BCUT2D eigenvalue weighted by atomic mass is 9.97. The second-order valence-corrected chi connectivity index (χ2v) is 6.69. The van der Waals surface area contributed by atoms with Crippen LogP contribution in [0, 0.1) is 0 Å². The molecule has 1 unspecified atom stereocenters. The smallest absolute Gasteiger partial charge is 0.147 e. The van der Waals surface area contributed by atoms with E-state index in [4.69, 9.17) is 22.5 Å². The molecular formula is C15H18ClN3OS. The van der Waals surface area contributed by atoms with E-state index in [0.717, 1.165) is 16.4 Å². The van der Waals surface area contributed by atoms with E-state index in [0.29, 0.717) is 6.54 Å². The summed E-state index contributed by atoms with van der Waals surface area (Å²) in [5, 5.41) is 12.2. The summed E-state index contributed by atoms with van der Waals surface area (Å²) in [6.45, 7) is 1.44. The van der Waals surface area contributed by atoms with Gasteiger partial charge < -0.3 is 15.8 Å². The van der Waals surface area contributed by atoms with Gasteiger partial charge in [-0.25, -0.2) is 0 Å². The number of nitrogens with two attached hydrogens (primary N) is 1. The predicted molar refractivity (Wildman–Crippen MR) is 88.3 cm³/mol. The topological polar surface area (TPSA) is 61.8 Å². The molecule has 0 radical (unpaired) electrons. The van der Waals surface area contributed by atoms with Crippen LogP contribution in [-0.4, -0.2) is 29.5 Å². The Morgan fingerprint density at radius 3 is 2.62 bits per heavy atom. The maximum Gasteiger partial charge on any atom is 0.147 e. The summed E-state index contributed by atoms with van der Waals surface area (Å²) in [5.41, 5.74) is 6.88. The Labute approximate surface area is 133 Å². The van der Waals surface area contributed by atoms with Crippen LogP contribution in [0.25, 0.3) is 0 Å². The van der Waals surface area contributed by atoms with Crippen molar-refractivity contribution in [1.29, 1.82) is 0 Å². The molecule has 0 amide bonds. The molecule has 0 spiro atoms. The fraction of sp³-hybridized carbons (Fsp3) is 0.267. The van der Waals surface area contributed by atoms with E-state index < -0.39 is 0 Å². The first-order valence-electron chi connectivity index (χ1n) is 6.55. The summed E-state index contributed by atoms with van der Waals surface area (Å²) in [4.78, 5) is 3.33. The molecule has 0 aliphatic heterocycles. The highest BCUT2D eigenvalue weighted by atomic mass is 35.5. The number of thiophene rings is 1. The lowest BCUT2D eigenvalue weighted by Crippen LogP contribution is -2.32. The molecule has 4 nitrogen and oxygen atoms in total. The molecule has 2 rings (SSSR count). The third-order valence-electron chi connectivity index (χ3n) is 3.22. The summed E-state index contributed by atoms with van der Waals surface area (Å²) in [6.07, 6.45) is 0. The van der Waals surface area contributed by atoms with Crippen molar-refractivity contribution in [2.24, 2.45) is 10.9 Å². The third kappa shape index (κ3) is 4.46. The molecular weight excluding hydrogens is 306 g/mol. The second-order valence-electron chi connectivity index (χ2n) is 4.89. The summed E-state index contributed by atoms with van der Waals surface area (Å²) >= 11 is 7.51. The van der Waals surface area contributed by atoms with Crippen molar-refractivity contribution < 1.29 is 5.21 Å². The Hall–Kier alpha value is -1.56. The fourth-order valence-corrected chi connectivity index (χ4v) is 3.37. The van der Waals surface area contributed by atoms with Crippen LogP contribution in [-0.2, 0) is 6.54 Å². The predicted octanol–water partition coefficient (Wildman–Crippen LogP) is 3.36. The van der Waals surface area contributed by atoms with Gasteiger partial charge in [0.2, 0.25) is 0 Å². The molecule has 0 saturated carbocycles. The number of amidine groups is 1. The zero-order valence-corrected chi connectivity index (χ0v) is 13.3. The van der Waals surface area contributed by atoms with Gasteiger partial charge in [0, 0.05) is 18.0 Å². The van der Waals surface area contributed by atoms with Crippen molar-refractivity contribution in [2.75, 3.05) is 13.6 Å². The Morgan fingerprint density at radius 1 is 1.33 bits per heavy atom. The minimum atomic E-state index is -0.142. The number of hydrogen-bond acceptors (Lipinski definition) is 4. The van der Waals surface area contributed by atoms with Crippen LogP contribution in [0.1, 0.15) is 16.4 Å². The van der Waals surface area contributed by atoms with Gasteiger partial charge in [-0.15, -0.1) is 11.3 Å². The lowest BCUT2D eigenvalue weighted by molar-refractivity contribution is 0.303. The van der Waals surface area contributed by atoms with Crippen LogP contribution in [0.3, 0.4) is 0 Å². The van der Waals surface area contributed by atoms with Gasteiger partial charge in [0.15, 0.2) is 0 Å². The monoisotopic (exact) mass is 323 g/mol. The first kappa shape index (κ1) is 15.8.